The summed E-state index contributed by atoms with van der Waals surface area (Å²) in [6.07, 6.45) is 3.44. The van der Waals surface area contributed by atoms with Crippen molar-refractivity contribution in [3.8, 4) is 5.75 Å². The lowest BCUT2D eigenvalue weighted by atomic mass is 10.0. The van der Waals surface area contributed by atoms with Crippen molar-refractivity contribution in [3.05, 3.63) is 29.8 Å². The van der Waals surface area contributed by atoms with Crippen molar-refractivity contribution in [2.75, 3.05) is 20.2 Å². The monoisotopic (exact) mass is 318 g/mol. The van der Waals surface area contributed by atoms with Gasteiger partial charge in [-0.3, -0.25) is 9.59 Å². The number of rotatable bonds is 6. The Hall–Kier alpha value is -2.04. The van der Waals surface area contributed by atoms with Crippen molar-refractivity contribution in [1.29, 1.82) is 0 Å². The van der Waals surface area contributed by atoms with Gasteiger partial charge in [0, 0.05) is 32.0 Å². The Kier molecular flexibility index (Phi) is 6.44. The van der Waals surface area contributed by atoms with E-state index in [-0.39, 0.29) is 17.9 Å². The van der Waals surface area contributed by atoms with Gasteiger partial charge in [0.05, 0.1) is 7.11 Å². The summed E-state index contributed by atoms with van der Waals surface area (Å²) in [4.78, 5) is 25.6. The van der Waals surface area contributed by atoms with Gasteiger partial charge in [-0.15, -0.1) is 0 Å². The van der Waals surface area contributed by atoms with E-state index in [9.17, 15) is 9.59 Å². The predicted molar refractivity (Wildman–Crippen MR) is 89.4 cm³/mol. The van der Waals surface area contributed by atoms with Crippen molar-refractivity contribution in [1.82, 2.24) is 10.2 Å². The maximum Gasteiger partial charge on any atom is 0.222 e. The van der Waals surface area contributed by atoms with Gasteiger partial charge in [-0.05, 0) is 37.0 Å². The number of aryl methyl sites for hydroxylation is 1. The number of hydrogen-bond donors (Lipinski definition) is 1. The molecular weight excluding hydrogens is 292 g/mol. The van der Waals surface area contributed by atoms with Crippen LogP contribution in [0.1, 0.15) is 38.2 Å². The number of likely N-dealkylation sites (tertiary alicyclic amines) is 1. The molecule has 0 bridgehead atoms. The molecule has 5 heteroatoms. The first-order valence-electron chi connectivity index (χ1n) is 8.32. The molecule has 1 aromatic carbocycles. The van der Waals surface area contributed by atoms with Crippen LogP contribution in [0.3, 0.4) is 0 Å². The zero-order valence-electron chi connectivity index (χ0n) is 14.0. The highest BCUT2D eigenvalue weighted by Crippen LogP contribution is 2.16. The molecule has 1 heterocycles. The molecule has 5 nitrogen and oxygen atoms in total. The SMILES string of the molecule is CCC(=O)NC1CCN(C(=O)CCc2cccc(OC)c2)CC1. The second-order valence-electron chi connectivity index (χ2n) is 5.93. The Balaban J connectivity index is 1.75. The molecule has 0 aliphatic carbocycles. The number of piperidine rings is 1. The third-order valence-electron chi connectivity index (χ3n) is 4.30. The first kappa shape index (κ1) is 17.3. The number of nitrogens with zero attached hydrogens (tertiary/aromatic N) is 1. The molecule has 0 saturated carbocycles. The Labute approximate surface area is 138 Å². The maximum absolute atomic E-state index is 12.3. The second-order valence-corrected chi connectivity index (χ2v) is 5.93. The number of ether oxygens (including phenoxy) is 1. The Morgan fingerprint density at radius 3 is 2.70 bits per heavy atom. The van der Waals surface area contributed by atoms with E-state index < -0.39 is 0 Å². The fourth-order valence-electron chi connectivity index (χ4n) is 2.84. The van der Waals surface area contributed by atoms with Gasteiger partial charge < -0.3 is 15.0 Å². The second kappa shape index (κ2) is 8.56. The molecule has 1 fully saturated rings. The summed E-state index contributed by atoms with van der Waals surface area (Å²) in [6.45, 7) is 3.31. The van der Waals surface area contributed by atoms with E-state index in [1.165, 1.54) is 0 Å². The van der Waals surface area contributed by atoms with Gasteiger partial charge in [0.2, 0.25) is 11.8 Å². The lowest BCUT2D eigenvalue weighted by Crippen LogP contribution is -2.46. The summed E-state index contributed by atoms with van der Waals surface area (Å²) in [5.74, 6) is 1.10. The van der Waals surface area contributed by atoms with Crippen molar-refractivity contribution < 1.29 is 14.3 Å². The molecule has 0 atom stereocenters. The maximum atomic E-state index is 12.3. The molecule has 1 aliphatic rings. The molecule has 1 saturated heterocycles. The predicted octanol–water partition coefficient (Wildman–Crippen LogP) is 2.14. The number of methoxy groups -OCH3 is 1. The smallest absolute Gasteiger partial charge is 0.222 e. The number of amides is 2. The minimum Gasteiger partial charge on any atom is -0.497 e. The average molecular weight is 318 g/mol. The van der Waals surface area contributed by atoms with Gasteiger partial charge in [-0.25, -0.2) is 0 Å². The summed E-state index contributed by atoms with van der Waals surface area (Å²) in [7, 11) is 1.64. The van der Waals surface area contributed by atoms with Crippen LogP contribution in [0.5, 0.6) is 5.75 Å². The van der Waals surface area contributed by atoms with E-state index in [0.29, 0.717) is 12.8 Å². The van der Waals surface area contributed by atoms with Gasteiger partial charge in [0.1, 0.15) is 5.75 Å². The molecule has 0 unspecified atom stereocenters. The zero-order chi connectivity index (χ0) is 16.7. The molecule has 1 N–H and O–H groups in total. The van der Waals surface area contributed by atoms with Gasteiger partial charge in [-0.2, -0.15) is 0 Å². The van der Waals surface area contributed by atoms with Gasteiger partial charge in [0.15, 0.2) is 0 Å². The Morgan fingerprint density at radius 2 is 2.04 bits per heavy atom. The lowest BCUT2D eigenvalue weighted by Gasteiger charge is -2.32. The van der Waals surface area contributed by atoms with Gasteiger partial charge in [0.25, 0.3) is 0 Å². The van der Waals surface area contributed by atoms with E-state index in [1.807, 2.05) is 36.1 Å². The topological polar surface area (TPSA) is 58.6 Å². The number of carbonyl (C=O) groups excluding carboxylic acids is 2. The molecule has 0 aromatic heterocycles. The van der Waals surface area contributed by atoms with Crippen molar-refractivity contribution in [2.45, 2.75) is 45.1 Å². The summed E-state index contributed by atoms with van der Waals surface area (Å²) in [5.41, 5.74) is 1.11. The first-order chi connectivity index (χ1) is 11.1. The standard InChI is InChI=1S/C18H26N2O3/c1-3-17(21)19-15-9-11-20(12-10-15)18(22)8-7-14-5-4-6-16(13-14)23-2/h4-6,13,15H,3,7-12H2,1-2H3,(H,19,21). The molecular formula is C18H26N2O3. The molecule has 0 radical (unpaired) electrons. The van der Waals surface area contributed by atoms with Crippen LogP contribution in [0, 0.1) is 0 Å². The van der Waals surface area contributed by atoms with Crippen molar-refractivity contribution in [2.24, 2.45) is 0 Å². The van der Waals surface area contributed by atoms with Crippen molar-refractivity contribution in [3.63, 3.8) is 0 Å². The minimum absolute atomic E-state index is 0.0906. The molecule has 126 valence electrons. The molecule has 2 amide bonds. The highest BCUT2D eigenvalue weighted by atomic mass is 16.5. The Bertz CT molecular complexity index is 537. The van der Waals surface area contributed by atoms with E-state index >= 15 is 0 Å². The van der Waals surface area contributed by atoms with E-state index in [0.717, 1.165) is 43.7 Å². The average Bonchev–Trinajstić information content (AvgIpc) is 2.60. The van der Waals surface area contributed by atoms with Crippen molar-refractivity contribution >= 4 is 11.8 Å². The van der Waals surface area contributed by atoms with E-state index in [1.54, 1.807) is 7.11 Å². The largest absolute Gasteiger partial charge is 0.497 e. The van der Waals surface area contributed by atoms with Crippen LogP contribution in [0.15, 0.2) is 24.3 Å². The fraction of sp³-hybridized carbons (Fsp3) is 0.556. The number of nitrogens with one attached hydrogen (secondary N) is 1. The first-order valence-corrected chi connectivity index (χ1v) is 8.32. The van der Waals surface area contributed by atoms with Crippen LogP contribution in [0.2, 0.25) is 0 Å². The number of benzene rings is 1. The molecule has 23 heavy (non-hydrogen) atoms. The van der Waals surface area contributed by atoms with Crippen LogP contribution < -0.4 is 10.1 Å². The highest BCUT2D eigenvalue weighted by Gasteiger charge is 2.23. The van der Waals surface area contributed by atoms with E-state index in [4.69, 9.17) is 4.74 Å². The molecule has 1 aromatic rings. The van der Waals surface area contributed by atoms with Crippen LogP contribution in [-0.4, -0.2) is 43.0 Å². The quantitative estimate of drug-likeness (QED) is 0.874. The molecule has 2 rings (SSSR count). The molecule has 1 aliphatic heterocycles. The van der Waals surface area contributed by atoms with Crippen LogP contribution in [0.25, 0.3) is 0 Å². The summed E-state index contributed by atoms with van der Waals surface area (Å²) in [6, 6.07) is 8.05. The van der Waals surface area contributed by atoms with Crippen LogP contribution in [-0.2, 0) is 16.0 Å². The highest BCUT2D eigenvalue weighted by molar-refractivity contribution is 5.77. The van der Waals surface area contributed by atoms with Gasteiger partial charge in [-0.1, -0.05) is 19.1 Å². The zero-order valence-corrected chi connectivity index (χ0v) is 14.0. The van der Waals surface area contributed by atoms with E-state index in [2.05, 4.69) is 5.32 Å². The number of carbonyl (C=O) groups is 2. The lowest BCUT2D eigenvalue weighted by molar-refractivity contribution is -0.132. The van der Waals surface area contributed by atoms with Crippen LogP contribution in [0.4, 0.5) is 0 Å². The Morgan fingerprint density at radius 1 is 1.30 bits per heavy atom. The normalized spacial score (nSPS) is 15.3. The van der Waals surface area contributed by atoms with Gasteiger partial charge >= 0.3 is 0 Å². The fourth-order valence-corrected chi connectivity index (χ4v) is 2.84. The number of hydrogen-bond acceptors (Lipinski definition) is 3. The third-order valence-corrected chi connectivity index (χ3v) is 4.30. The summed E-state index contributed by atoms with van der Waals surface area (Å²) >= 11 is 0. The minimum atomic E-state index is 0.0906. The molecule has 0 spiro atoms. The summed E-state index contributed by atoms with van der Waals surface area (Å²) in [5, 5.41) is 3.01. The van der Waals surface area contributed by atoms with Crippen LogP contribution >= 0.6 is 0 Å². The summed E-state index contributed by atoms with van der Waals surface area (Å²) < 4.78 is 5.20. The third kappa shape index (κ3) is 5.27.